The van der Waals surface area contributed by atoms with Crippen LogP contribution in [0.5, 0.6) is 5.75 Å². The number of carbonyl (C=O) groups excluding carboxylic acids is 2. The van der Waals surface area contributed by atoms with Crippen LogP contribution in [-0.4, -0.2) is 43.0 Å². The van der Waals surface area contributed by atoms with Gasteiger partial charge in [0.05, 0.1) is 7.11 Å². The lowest BCUT2D eigenvalue weighted by atomic mass is 10.0. The lowest BCUT2D eigenvalue weighted by Gasteiger charge is -2.32. The van der Waals surface area contributed by atoms with Gasteiger partial charge in [-0.1, -0.05) is 17.7 Å². The number of benzene rings is 2. The summed E-state index contributed by atoms with van der Waals surface area (Å²) in [7, 11) is 1.58. The summed E-state index contributed by atoms with van der Waals surface area (Å²) >= 11 is 5.85. The van der Waals surface area contributed by atoms with Gasteiger partial charge in [0, 0.05) is 35.3 Å². The zero-order valence-electron chi connectivity index (χ0n) is 14.6. The molecule has 6 heteroatoms. The summed E-state index contributed by atoms with van der Waals surface area (Å²) in [6, 6.07) is 14.0. The Morgan fingerprint density at radius 1 is 1.08 bits per heavy atom. The quantitative estimate of drug-likeness (QED) is 0.895. The molecule has 0 unspecified atom stereocenters. The van der Waals surface area contributed by atoms with Crippen LogP contribution < -0.4 is 10.1 Å². The van der Waals surface area contributed by atoms with Gasteiger partial charge in [-0.2, -0.15) is 0 Å². The molecule has 1 aliphatic rings. The number of rotatable bonds is 4. The van der Waals surface area contributed by atoms with Crippen LogP contribution in [0.2, 0.25) is 5.02 Å². The van der Waals surface area contributed by atoms with Crippen LogP contribution in [0.3, 0.4) is 0 Å². The molecule has 1 saturated heterocycles. The maximum absolute atomic E-state index is 12.6. The molecule has 26 heavy (non-hydrogen) atoms. The van der Waals surface area contributed by atoms with Crippen molar-refractivity contribution in [2.24, 2.45) is 0 Å². The number of nitrogens with one attached hydrogen (secondary N) is 1. The number of hydrogen-bond donors (Lipinski definition) is 1. The van der Waals surface area contributed by atoms with E-state index in [-0.39, 0.29) is 17.9 Å². The smallest absolute Gasteiger partial charge is 0.253 e. The molecule has 0 radical (unpaired) electrons. The molecule has 136 valence electrons. The minimum atomic E-state index is -0.112. The summed E-state index contributed by atoms with van der Waals surface area (Å²) in [6.45, 7) is 1.23. The number of carbonyl (C=O) groups is 2. The highest BCUT2D eigenvalue weighted by Crippen LogP contribution is 2.18. The molecular formula is C20H21ClN2O3. The van der Waals surface area contributed by atoms with Gasteiger partial charge in [0.1, 0.15) is 5.75 Å². The Bertz CT molecular complexity index is 784. The van der Waals surface area contributed by atoms with Gasteiger partial charge in [-0.3, -0.25) is 9.59 Å². The second-order valence-electron chi connectivity index (χ2n) is 6.28. The van der Waals surface area contributed by atoms with E-state index >= 15 is 0 Å². The van der Waals surface area contributed by atoms with E-state index in [4.69, 9.17) is 16.3 Å². The molecule has 2 aromatic rings. The van der Waals surface area contributed by atoms with E-state index in [2.05, 4.69) is 5.32 Å². The Morgan fingerprint density at radius 3 is 2.42 bits per heavy atom. The fourth-order valence-electron chi connectivity index (χ4n) is 3.04. The first-order valence-corrected chi connectivity index (χ1v) is 8.94. The minimum absolute atomic E-state index is 0.00798. The first kappa shape index (κ1) is 18.3. The molecule has 3 rings (SSSR count). The predicted molar refractivity (Wildman–Crippen MR) is 101 cm³/mol. The van der Waals surface area contributed by atoms with Crippen LogP contribution in [0.25, 0.3) is 0 Å². The fourth-order valence-corrected chi connectivity index (χ4v) is 3.16. The molecule has 2 amide bonds. The summed E-state index contributed by atoms with van der Waals surface area (Å²) in [5, 5.41) is 3.63. The van der Waals surface area contributed by atoms with E-state index in [0.29, 0.717) is 35.0 Å². The lowest BCUT2D eigenvalue weighted by Crippen LogP contribution is -2.46. The topological polar surface area (TPSA) is 58.6 Å². The summed E-state index contributed by atoms with van der Waals surface area (Å²) < 4.78 is 5.18. The van der Waals surface area contributed by atoms with Crippen LogP contribution in [0.4, 0.5) is 0 Å². The van der Waals surface area contributed by atoms with Crippen LogP contribution in [0, 0.1) is 0 Å². The van der Waals surface area contributed by atoms with Crippen molar-refractivity contribution in [1.82, 2.24) is 10.2 Å². The monoisotopic (exact) mass is 372 g/mol. The molecule has 0 atom stereocenters. The van der Waals surface area contributed by atoms with Crippen LogP contribution in [0.1, 0.15) is 33.6 Å². The molecule has 0 bridgehead atoms. The lowest BCUT2D eigenvalue weighted by molar-refractivity contribution is 0.0697. The number of ether oxygens (including phenoxy) is 1. The standard InChI is InChI=1S/C20H21ClN2O3/c1-26-18-4-2-3-15(13-18)20(25)23-11-9-17(10-12-23)22-19(24)14-5-7-16(21)8-6-14/h2-8,13,17H,9-12H2,1H3,(H,22,24). The molecule has 0 spiro atoms. The van der Waals surface area contributed by atoms with Crippen molar-refractivity contribution in [3.63, 3.8) is 0 Å². The molecule has 1 aliphatic heterocycles. The molecule has 2 aromatic carbocycles. The van der Waals surface area contributed by atoms with Crippen molar-refractivity contribution in [3.05, 3.63) is 64.7 Å². The van der Waals surface area contributed by atoms with Crippen molar-refractivity contribution in [2.75, 3.05) is 20.2 Å². The van der Waals surface area contributed by atoms with Crippen LogP contribution in [-0.2, 0) is 0 Å². The van der Waals surface area contributed by atoms with Crippen molar-refractivity contribution in [2.45, 2.75) is 18.9 Å². The zero-order valence-corrected chi connectivity index (χ0v) is 15.3. The Kier molecular flexibility index (Phi) is 5.78. The van der Waals surface area contributed by atoms with Gasteiger partial charge in [0.25, 0.3) is 11.8 Å². The number of halogens is 1. The Morgan fingerprint density at radius 2 is 1.77 bits per heavy atom. The SMILES string of the molecule is COc1cccc(C(=O)N2CCC(NC(=O)c3ccc(Cl)cc3)CC2)c1. The molecule has 0 aromatic heterocycles. The van der Waals surface area contributed by atoms with E-state index in [1.54, 1.807) is 43.5 Å². The van der Waals surface area contributed by atoms with Gasteiger partial charge in [-0.05, 0) is 55.3 Å². The number of piperidine rings is 1. The predicted octanol–water partition coefficient (Wildman–Crippen LogP) is 3.38. The van der Waals surface area contributed by atoms with Gasteiger partial charge < -0.3 is 15.0 Å². The molecule has 0 aliphatic carbocycles. The summed E-state index contributed by atoms with van der Waals surface area (Å²) in [6.07, 6.45) is 1.46. The Labute approximate surface area is 157 Å². The number of amides is 2. The van der Waals surface area contributed by atoms with Gasteiger partial charge in [-0.25, -0.2) is 0 Å². The van der Waals surface area contributed by atoms with Gasteiger partial charge in [0.2, 0.25) is 0 Å². The van der Waals surface area contributed by atoms with Crippen LogP contribution >= 0.6 is 11.6 Å². The summed E-state index contributed by atoms with van der Waals surface area (Å²) in [5.41, 5.74) is 1.21. The Balaban J connectivity index is 1.54. The summed E-state index contributed by atoms with van der Waals surface area (Å²) in [5.74, 6) is 0.548. The van der Waals surface area contributed by atoms with Crippen molar-refractivity contribution >= 4 is 23.4 Å². The summed E-state index contributed by atoms with van der Waals surface area (Å²) in [4.78, 5) is 26.7. The first-order valence-electron chi connectivity index (χ1n) is 8.56. The van der Waals surface area contributed by atoms with Crippen molar-refractivity contribution in [3.8, 4) is 5.75 Å². The first-order chi connectivity index (χ1) is 12.6. The molecule has 1 fully saturated rings. The average Bonchev–Trinajstić information content (AvgIpc) is 2.68. The molecule has 1 heterocycles. The second kappa shape index (κ2) is 8.23. The van der Waals surface area contributed by atoms with Gasteiger partial charge in [0.15, 0.2) is 0 Å². The number of methoxy groups -OCH3 is 1. The number of likely N-dealkylation sites (tertiary alicyclic amines) is 1. The van der Waals surface area contributed by atoms with Crippen molar-refractivity contribution in [1.29, 1.82) is 0 Å². The zero-order chi connectivity index (χ0) is 18.5. The van der Waals surface area contributed by atoms with Gasteiger partial charge in [-0.15, -0.1) is 0 Å². The number of nitrogens with zero attached hydrogens (tertiary/aromatic N) is 1. The maximum atomic E-state index is 12.6. The highest BCUT2D eigenvalue weighted by Gasteiger charge is 2.25. The molecule has 0 saturated carbocycles. The third-order valence-corrected chi connectivity index (χ3v) is 4.79. The highest BCUT2D eigenvalue weighted by molar-refractivity contribution is 6.30. The van der Waals surface area contributed by atoms with E-state index in [9.17, 15) is 9.59 Å². The largest absolute Gasteiger partial charge is 0.497 e. The van der Waals surface area contributed by atoms with E-state index < -0.39 is 0 Å². The third-order valence-electron chi connectivity index (χ3n) is 4.54. The highest BCUT2D eigenvalue weighted by atomic mass is 35.5. The maximum Gasteiger partial charge on any atom is 0.253 e. The number of hydrogen-bond acceptors (Lipinski definition) is 3. The molecule has 1 N–H and O–H groups in total. The Hall–Kier alpha value is -2.53. The average molecular weight is 373 g/mol. The minimum Gasteiger partial charge on any atom is -0.497 e. The van der Waals surface area contributed by atoms with Gasteiger partial charge >= 0.3 is 0 Å². The third kappa shape index (κ3) is 4.35. The van der Waals surface area contributed by atoms with Crippen LogP contribution in [0.15, 0.2) is 48.5 Å². The molecule has 5 nitrogen and oxygen atoms in total. The van der Waals surface area contributed by atoms with Crippen molar-refractivity contribution < 1.29 is 14.3 Å². The second-order valence-corrected chi connectivity index (χ2v) is 6.72. The fraction of sp³-hybridized carbons (Fsp3) is 0.300. The van der Waals surface area contributed by atoms with E-state index in [1.807, 2.05) is 17.0 Å². The van der Waals surface area contributed by atoms with E-state index in [1.165, 1.54) is 0 Å². The molecular weight excluding hydrogens is 352 g/mol. The normalized spacial score (nSPS) is 14.8. The van der Waals surface area contributed by atoms with E-state index in [0.717, 1.165) is 12.8 Å².